The third-order valence-electron chi connectivity index (χ3n) is 13.2. The van der Waals surface area contributed by atoms with Crippen LogP contribution in [-0.2, 0) is 5.41 Å². The molecule has 0 spiro atoms. The molecule has 2 nitrogen and oxygen atoms in total. The molecule has 3 heteroatoms. The van der Waals surface area contributed by atoms with Crippen LogP contribution in [0.4, 0.5) is 11.4 Å². The van der Waals surface area contributed by atoms with Crippen molar-refractivity contribution in [1.82, 2.24) is 4.57 Å². The summed E-state index contributed by atoms with van der Waals surface area (Å²) in [6.07, 6.45) is 0. The average molecular weight is 715 g/mol. The molecule has 0 amide bonds. The predicted molar refractivity (Wildman–Crippen MR) is 238 cm³/mol. The molecule has 0 bridgehead atoms. The highest BCUT2D eigenvalue weighted by atomic mass is 15.1. The lowest BCUT2D eigenvalue weighted by Crippen LogP contribution is -2.60. The van der Waals surface area contributed by atoms with Gasteiger partial charge in [0.1, 0.15) is 0 Å². The van der Waals surface area contributed by atoms with Crippen molar-refractivity contribution in [1.29, 1.82) is 0 Å². The number of benzene rings is 8. The second-order valence-corrected chi connectivity index (χ2v) is 16.6. The second-order valence-electron chi connectivity index (χ2n) is 16.6. The van der Waals surface area contributed by atoms with Gasteiger partial charge in [0.15, 0.2) is 0 Å². The molecule has 0 fully saturated rings. The van der Waals surface area contributed by atoms with E-state index in [-0.39, 0.29) is 12.3 Å². The first kappa shape index (κ1) is 31.7. The van der Waals surface area contributed by atoms with Gasteiger partial charge in [-0.2, -0.15) is 0 Å². The van der Waals surface area contributed by atoms with Crippen molar-refractivity contribution < 1.29 is 0 Å². The number of hydrogen-bond acceptors (Lipinski definition) is 1. The average Bonchev–Trinajstić information content (AvgIpc) is 3.70. The quantitative estimate of drug-likeness (QED) is 0.165. The molecule has 2 aliphatic heterocycles. The molecule has 0 radical (unpaired) electrons. The molecule has 1 aromatic heterocycles. The highest BCUT2D eigenvalue weighted by Gasteiger charge is 2.48. The molecule has 0 atom stereocenters. The van der Waals surface area contributed by atoms with E-state index in [4.69, 9.17) is 0 Å². The standard InChI is InChI=1S/C53H39BN2/c1-32-14-12-15-33(2)48(32)38-29-43-42-28-36-18-8-9-19-37(36)30-46(42)56(39-26-24-35(25-27-39)34-16-6-5-7-17-34)54-45-23-13-21-41-49-52(55(51(41)45)47(31-38)50(43)54)40-20-10-11-22-44(40)53(49,3)4/h5-31H,1-4H3. The maximum absolute atomic E-state index is 2.67. The lowest BCUT2D eigenvalue weighted by Gasteiger charge is -2.43. The molecule has 9 aromatic rings. The van der Waals surface area contributed by atoms with E-state index in [0.29, 0.717) is 0 Å². The topological polar surface area (TPSA) is 8.17 Å². The van der Waals surface area contributed by atoms with Crippen molar-refractivity contribution in [2.75, 3.05) is 4.81 Å². The van der Waals surface area contributed by atoms with Crippen molar-refractivity contribution in [3.05, 3.63) is 186 Å². The maximum atomic E-state index is 2.67. The minimum Gasteiger partial charge on any atom is -0.376 e. The molecular weight excluding hydrogens is 675 g/mol. The summed E-state index contributed by atoms with van der Waals surface area (Å²) in [5, 5.41) is 3.86. The van der Waals surface area contributed by atoms with E-state index in [9.17, 15) is 0 Å². The van der Waals surface area contributed by atoms with E-state index in [1.54, 1.807) is 0 Å². The van der Waals surface area contributed by atoms with Crippen LogP contribution in [0.5, 0.6) is 0 Å². The highest BCUT2D eigenvalue weighted by molar-refractivity contribution is 6.93. The summed E-state index contributed by atoms with van der Waals surface area (Å²) in [4.78, 5) is 2.65. The second kappa shape index (κ2) is 11.2. The number of para-hydroxylation sites is 1. The minimum absolute atomic E-state index is 0.0344. The zero-order valence-corrected chi connectivity index (χ0v) is 32.1. The summed E-state index contributed by atoms with van der Waals surface area (Å²) >= 11 is 0. The Labute approximate surface area is 328 Å². The Bertz CT molecular complexity index is 3110. The molecule has 0 saturated heterocycles. The first-order chi connectivity index (χ1) is 27.4. The van der Waals surface area contributed by atoms with Crippen molar-refractivity contribution in [2.24, 2.45) is 0 Å². The van der Waals surface area contributed by atoms with Gasteiger partial charge in [0.05, 0.1) is 11.2 Å². The third-order valence-corrected chi connectivity index (χ3v) is 13.2. The van der Waals surface area contributed by atoms with Gasteiger partial charge < -0.3 is 9.38 Å². The van der Waals surface area contributed by atoms with Gasteiger partial charge in [-0.15, -0.1) is 0 Å². The molecule has 1 aliphatic carbocycles. The van der Waals surface area contributed by atoms with Crippen molar-refractivity contribution in [2.45, 2.75) is 33.1 Å². The zero-order chi connectivity index (χ0) is 37.4. The summed E-state index contributed by atoms with van der Waals surface area (Å²) in [7, 11) is 0. The summed E-state index contributed by atoms with van der Waals surface area (Å²) in [6, 6.07) is 61.7. The van der Waals surface area contributed by atoms with Crippen molar-refractivity contribution in [3.63, 3.8) is 0 Å². The number of nitrogens with zero attached hydrogens (tertiary/aromatic N) is 2. The largest absolute Gasteiger partial charge is 0.376 e. The first-order valence-electron chi connectivity index (χ1n) is 19.9. The van der Waals surface area contributed by atoms with E-state index >= 15 is 0 Å². The van der Waals surface area contributed by atoms with Crippen LogP contribution in [0.1, 0.15) is 36.1 Å². The maximum Gasteiger partial charge on any atom is 0.333 e. The van der Waals surface area contributed by atoms with E-state index in [0.717, 1.165) is 0 Å². The van der Waals surface area contributed by atoms with Crippen LogP contribution >= 0.6 is 0 Å². The predicted octanol–water partition coefficient (Wildman–Crippen LogP) is 12.3. The Morgan fingerprint density at radius 3 is 1.98 bits per heavy atom. The van der Waals surface area contributed by atoms with Crippen molar-refractivity contribution in [3.8, 4) is 50.3 Å². The fourth-order valence-electron chi connectivity index (χ4n) is 10.8. The van der Waals surface area contributed by atoms with E-state index in [1.807, 2.05) is 0 Å². The van der Waals surface area contributed by atoms with Crippen LogP contribution in [0, 0.1) is 13.8 Å². The SMILES string of the molecule is Cc1cccc(C)c1-c1cc2c3c(c1)-n1c4c(c5cccc(c51)B3N(c1ccc(-c3ccccc3)cc1)c1cc3ccccc3cc1-2)C(C)(C)c1ccccc1-4. The third kappa shape index (κ3) is 4.12. The Kier molecular flexibility index (Phi) is 6.37. The molecule has 3 heterocycles. The molecule has 12 rings (SSSR count). The molecular formula is C53H39BN2. The monoisotopic (exact) mass is 714 g/mol. The fourth-order valence-corrected chi connectivity index (χ4v) is 10.8. The van der Waals surface area contributed by atoms with Gasteiger partial charge in [-0.05, 0) is 122 Å². The molecule has 0 saturated carbocycles. The van der Waals surface area contributed by atoms with Crippen LogP contribution in [0.2, 0.25) is 0 Å². The molecule has 264 valence electrons. The smallest absolute Gasteiger partial charge is 0.333 e. The van der Waals surface area contributed by atoms with Crippen LogP contribution in [0.25, 0.3) is 72.0 Å². The van der Waals surface area contributed by atoms with E-state index < -0.39 is 0 Å². The number of hydrogen-bond donors (Lipinski definition) is 0. The highest BCUT2D eigenvalue weighted by Crippen LogP contribution is 2.55. The van der Waals surface area contributed by atoms with Gasteiger partial charge in [0.25, 0.3) is 0 Å². The lowest BCUT2D eigenvalue weighted by atomic mass is 9.43. The molecule has 8 aromatic carbocycles. The van der Waals surface area contributed by atoms with Crippen LogP contribution < -0.4 is 15.7 Å². The first-order valence-corrected chi connectivity index (χ1v) is 19.9. The van der Waals surface area contributed by atoms with Crippen LogP contribution in [0.3, 0.4) is 0 Å². The minimum atomic E-state index is -0.144. The number of aromatic nitrogens is 1. The van der Waals surface area contributed by atoms with E-state index in [1.165, 1.54) is 117 Å². The van der Waals surface area contributed by atoms with Crippen LogP contribution in [0.15, 0.2) is 164 Å². The van der Waals surface area contributed by atoms with Gasteiger partial charge >= 0.3 is 6.85 Å². The fraction of sp³-hybridized carbons (Fsp3) is 0.0943. The Balaban J connectivity index is 1.24. The molecule has 0 unspecified atom stereocenters. The Morgan fingerprint density at radius 2 is 1.20 bits per heavy atom. The molecule has 56 heavy (non-hydrogen) atoms. The van der Waals surface area contributed by atoms with E-state index in [2.05, 4.69) is 201 Å². The summed E-state index contributed by atoms with van der Waals surface area (Å²) in [6.45, 7) is 9.33. The van der Waals surface area contributed by atoms with Gasteiger partial charge in [-0.1, -0.05) is 141 Å². The normalized spacial score (nSPS) is 14.1. The van der Waals surface area contributed by atoms with Gasteiger partial charge in [-0.25, -0.2) is 0 Å². The number of fused-ring (bicyclic) bond motifs is 10. The summed E-state index contributed by atoms with van der Waals surface area (Å²) in [5.41, 5.74) is 23.4. The Morgan fingerprint density at radius 1 is 0.518 bits per heavy atom. The van der Waals surface area contributed by atoms with Gasteiger partial charge in [0.2, 0.25) is 0 Å². The zero-order valence-electron chi connectivity index (χ0n) is 32.1. The number of anilines is 2. The summed E-state index contributed by atoms with van der Waals surface area (Å²) in [5.74, 6) is 0. The summed E-state index contributed by atoms with van der Waals surface area (Å²) < 4.78 is 2.67. The van der Waals surface area contributed by atoms with Crippen LogP contribution in [-0.4, -0.2) is 11.4 Å². The van der Waals surface area contributed by atoms with Crippen molar-refractivity contribution >= 4 is 50.8 Å². The lowest BCUT2D eigenvalue weighted by molar-refractivity contribution is 0.666. The molecule has 3 aliphatic rings. The Hall–Kier alpha value is -6.58. The van der Waals surface area contributed by atoms with Gasteiger partial charge in [0, 0.05) is 39.0 Å². The number of rotatable bonds is 3. The number of aryl methyl sites for hydroxylation is 2. The van der Waals surface area contributed by atoms with Gasteiger partial charge in [-0.3, -0.25) is 0 Å². The molecule has 0 N–H and O–H groups in total.